The largest absolute Gasteiger partial charge is 0.494 e. The summed E-state index contributed by atoms with van der Waals surface area (Å²) in [6, 6.07) is 14.3. The van der Waals surface area contributed by atoms with Gasteiger partial charge < -0.3 is 24.1 Å². The zero-order valence-corrected chi connectivity index (χ0v) is 22.6. The maximum atomic E-state index is 10.2. The van der Waals surface area contributed by atoms with Gasteiger partial charge in [-0.1, -0.05) is 62.6 Å². The molecule has 0 spiro atoms. The van der Waals surface area contributed by atoms with E-state index in [-0.39, 0.29) is 30.8 Å². The van der Waals surface area contributed by atoms with Crippen molar-refractivity contribution in [2.45, 2.75) is 83.2 Å². The fraction of sp³-hybridized carbons (Fsp3) is 0.600. The molecule has 1 aliphatic carbocycles. The molecule has 1 saturated heterocycles. The number of unbranched alkanes of at least 4 members (excludes halogenated alkanes) is 2. The highest BCUT2D eigenvalue weighted by molar-refractivity contribution is 6.31. The van der Waals surface area contributed by atoms with Gasteiger partial charge in [-0.05, 0) is 67.5 Å². The highest BCUT2D eigenvalue weighted by atomic mass is 35.5. The van der Waals surface area contributed by atoms with Crippen LogP contribution in [0, 0.1) is 5.92 Å². The highest BCUT2D eigenvalue weighted by Gasteiger charge is 2.66. The summed E-state index contributed by atoms with van der Waals surface area (Å²) in [5.74, 6) is 1.03. The molecule has 4 rings (SSSR count). The SMILES string of the molecule is CCCCO[C@@H]1[C@@H](OCCCC)[C@H](c2ccc(Cl)c(Cc3ccc(OCC)cc3)c2)O[C@]2(CO)C[C@H]12. The predicted octanol–water partition coefficient (Wildman–Crippen LogP) is 6.52. The first-order chi connectivity index (χ1) is 17.5. The second-order valence-electron chi connectivity index (χ2n) is 10.1. The third kappa shape index (κ3) is 6.25. The summed E-state index contributed by atoms with van der Waals surface area (Å²) in [5, 5.41) is 11.0. The molecule has 36 heavy (non-hydrogen) atoms. The summed E-state index contributed by atoms with van der Waals surface area (Å²) in [5.41, 5.74) is 2.67. The second-order valence-corrected chi connectivity index (χ2v) is 10.5. The molecule has 2 aromatic carbocycles. The summed E-state index contributed by atoms with van der Waals surface area (Å²) in [7, 11) is 0. The molecule has 0 amide bonds. The van der Waals surface area contributed by atoms with Gasteiger partial charge in [-0.25, -0.2) is 0 Å². The molecule has 0 bridgehead atoms. The van der Waals surface area contributed by atoms with Gasteiger partial charge in [0.1, 0.15) is 18.0 Å². The van der Waals surface area contributed by atoms with Crippen molar-refractivity contribution in [2.75, 3.05) is 26.4 Å². The standard InChI is InChI=1S/C30H41ClO5/c1-4-7-15-34-28-25-19-30(25,20-32)36-27(29(28)35-16-8-5-2)22-11-14-26(31)23(18-22)17-21-9-12-24(13-10-21)33-6-3/h9-14,18,25,27-29,32H,4-8,15-17,19-20H2,1-3H3/t25-,27+,28+,29+,30+/m1/s1. The van der Waals surface area contributed by atoms with E-state index in [1.54, 1.807) is 0 Å². The quantitative estimate of drug-likeness (QED) is 0.289. The Balaban J connectivity index is 1.60. The van der Waals surface area contributed by atoms with Gasteiger partial charge >= 0.3 is 0 Å². The minimum absolute atomic E-state index is 0.00386. The van der Waals surface area contributed by atoms with Gasteiger partial charge in [0.15, 0.2) is 0 Å². The van der Waals surface area contributed by atoms with Gasteiger partial charge in [-0.15, -0.1) is 0 Å². The fourth-order valence-corrected chi connectivity index (χ4v) is 5.36. The molecule has 0 unspecified atom stereocenters. The van der Waals surface area contributed by atoms with E-state index in [2.05, 4.69) is 32.0 Å². The lowest BCUT2D eigenvalue weighted by Gasteiger charge is -2.41. The van der Waals surface area contributed by atoms with Crippen LogP contribution in [0.4, 0.5) is 0 Å². The average Bonchev–Trinajstić information content (AvgIpc) is 3.62. The van der Waals surface area contributed by atoms with E-state index >= 15 is 0 Å². The number of halogens is 1. The first kappa shape index (κ1) is 27.4. The number of ether oxygens (including phenoxy) is 4. The van der Waals surface area contributed by atoms with Crippen LogP contribution in [0.2, 0.25) is 5.02 Å². The van der Waals surface area contributed by atoms with Crippen LogP contribution in [0.25, 0.3) is 0 Å². The molecule has 198 valence electrons. The normalized spacial score (nSPS) is 27.0. The van der Waals surface area contributed by atoms with Crippen LogP contribution in [0.3, 0.4) is 0 Å². The predicted molar refractivity (Wildman–Crippen MR) is 143 cm³/mol. The molecule has 1 saturated carbocycles. The molecule has 1 heterocycles. The Morgan fingerprint density at radius 2 is 1.67 bits per heavy atom. The molecule has 6 heteroatoms. The smallest absolute Gasteiger partial charge is 0.119 e. The number of hydrogen-bond donors (Lipinski definition) is 1. The van der Waals surface area contributed by atoms with Crippen LogP contribution < -0.4 is 4.74 Å². The third-order valence-corrected chi connectivity index (χ3v) is 7.74. The number of aliphatic hydroxyl groups excluding tert-OH is 1. The number of hydrogen-bond acceptors (Lipinski definition) is 5. The zero-order chi connectivity index (χ0) is 25.5. The van der Waals surface area contributed by atoms with Gasteiger partial charge in [0.05, 0.1) is 24.9 Å². The molecule has 5 atom stereocenters. The van der Waals surface area contributed by atoms with Gasteiger partial charge in [0, 0.05) is 24.2 Å². The Bertz CT molecular complexity index is 964. The van der Waals surface area contributed by atoms with E-state index < -0.39 is 5.60 Å². The minimum atomic E-state index is -0.541. The lowest BCUT2D eigenvalue weighted by atomic mass is 9.91. The number of benzene rings is 2. The van der Waals surface area contributed by atoms with Crippen molar-refractivity contribution in [2.24, 2.45) is 5.92 Å². The molecule has 1 N–H and O–H groups in total. The number of aliphatic hydroxyl groups is 1. The van der Waals surface area contributed by atoms with Crippen molar-refractivity contribution >= 4 is 11.6 Å². The van der Waals surface area contributed by atoms with Crippen molar-refractivity contribution in [1.29, 1.82) is 0 Å². The van der Waals surface area contributed by atoms with Crippen LogP contribution in [-0.2, 0) is 20.6 Å². The first-order valence-corrected chi connectivity index (χ1v) is 13.9. The van der Waals surface area contributed by atoms with E-state index in [4.69, 9.17) is 30.5 Å². The van der Waals surface area contributed by atoms with Gasteiger partial charge in [0.25, 0.3) is 0 Å². The summed E-state index contributed by atoms with van der Waals surface area (Å²) in [4.78, 5) is 0. The second kappa shape index (κ2) is 12.7. The van der Waals surface area contributed by atoms with Gasteiger partial charge in [-0.2, -0.15) is 0 Å². The van der Waals surface area contributed by atoms with E-state index in [1.807, 2.05) is 31.2 Å². The lowest BCUT2D eigenvalue weighted by molar-refractivity contribution is -0.215. The molecule has 0 radical (unpaired) electrons. The van der Waals surface area contributed by atoms with Crippen molar-refractivity contribution in [3.8, 4) is 5.75 Å². The minimum Gasteiger partial charge on any atom is -0.494 e. The average molecular weight is 517 g/mol. The Kier molecular flexibility index (Phi) is 9.71. The van der Waals surface area contributed by atoms with Crippen LogP contribution in [0.15, 0.2) is 42.5 Å². The van der Waals surface area contributed by atoms with Crippen molar-refractivity contribution in [3.05, 3.63) is 64.2 Å². The molecule has 2 aromatic rings. The number of rotatable bonds is 14. The summed E-state index contributed by atoms with van der Waals surface area (Å²) in [6.07, 6.45) is 5.02. The van der Waals surface area contributed by atoms with Gasteiger partial charge in [0.2, 0.25) is 0 Å². The first-order valence-electron chi connectivity index (χ1n) is 13.6. The monoisotopic (exact) mass is 516 g/mol. The molecular formula is C30H41ClO5. The molecule has 0 aromatic heterocycles. The van der Waals surface area contributed by atoms with Crippen molar-refractivity contribution in [1.82, 2.24) is 0 Å². The van der Waals surface area contributed by atoms with Crippen molar-refractivity contribution in [3.63, 3.8) is 0 Å². The maximum absolute atomic E-state index is 10.2. The molecule has 2 fully saturated rings. The van der Waals surface area contributed by atoms with E-state index in [9.17, 15) is 5.11 Å². The van der Waals surface area contributed by atoms with E-state index in [1.165, 1.54) is 0 Å². The van der Waals surface area contributed by atoms with E-state index in [0.29, 0.717) is 26.2 Å². The number of fused-ring (bicyclic) bond motifs is 1. The van der Waals surface area contributed by atoms with Crippen LogP contribution >= 0.6 is 11.6 Å². The fourth-order valence-electron chi connectivity index (χ4n) is 5.18. The Hall–Kier alpha value is -1.63. The molecule has 2 aliphatic rings. The van der Waals surface area contributed by atoms with Crippen LogP contribution in [0.5, 0.6) is 5.75 Å². The van der Waals surface area contributed by atoms with Crippen molar-refractivity contribution < 1.29 is 24.1 Å². The Labute approximate surface area is 221 Å². The van der Waals surface area contributed by atoms with E-state index in [0.717, 1.165) is 59.6 Å². The molecule has 5 nitrogen and oxygen atoms in total. The summed E-state index contributed by atoms with van der Waals surface area (Å²) < 4.78 is 25.1. The lowest BCUT2D eigenvalue weighted by Crippen LogP contribution is -2.49. The topological polar surface area (TPSA) is 57.2 Å². The maximum Gasteiger partial charge on any atom is 0.119 e. The Morgan fingerprint density at radius 1 is 0.972 bits per heavy atom. The van der Waals surface area contributed by atoms with Crippen LogP contribution in [-0.4, -0.2) is 49.3 Å². The summed E-state index contributed by atoms with van der Waals surface area (Å²) in [6.45, 7) is 8.32. The highest BCUT2D eigenvalue weighted by Crippen LogP contribution is 2.58. The Morgan fingerprint density at radius 3 is 2.31 bits per heavy atom. The van der Waals surface area contributed by atoms with Crippen LogP contribution in [0.1, 0.15) is 75.7 Å². The van der Waals surface area contributed by atoms with Gasteiger partial charge in [-0.3, -0.25) is 0 Å². The third-order valence-electron chi connectivity index (χ3n) is 7.37. The summed E-state index contributed by atoms with van der Waals surface area (Å²) >= 11 is 6.65. The molecule has 1 aliphatic heterocycles. The molecular weight excluding hydrogens is 476 g/mol. The zero-order valence-electron chi connectivity index (χ0n) is 21.9.